The number of benzene rings is 2. The van der Waals surface area contributed by atoms with Crippen LogP contribution >= 0.6 is 11.6 Å². The van der Waals surface area contributed by atoms with Gasteiger partial charge in [-0.3, -0.25) is 19.9 Å². The van der Waals surface area contributed by atoms with Crippen molar-refractivity contribution in [2.45, 2.75) is 49.9 Å². The summed E-state index contributed by atoms with van der Waals surface area (Å²) < 4.78 is 47.8. The molecular weight excluding hydrogens is 497 g/mol. The van der Waals surface area contributed by atoms with Gasteiger partial charge in [0, 0.05) is 31.4 Å². The van der Waals surface area contributed by atoms with E-state index in [2.05, 4.69) is 10.6 Å². The third-order valence-electron chi connectivity index (χ3n) is 7.81. The van der Waals surface area contributed by atoms with Crippen molar-refractivity contribution in [3.8, 4) is 5.75 Å². The molecule has 0 spiro atoms. The molecule has 2 amide bonds. The fraction of sp³-hybridized carbons (Fsp3) is 0.400. The second-order valence-electron chi connectivity index (χ2n) is 10.2. The highest BCUT2D eigenvalue weighted by molar-refractivity contribution is 6.34. The van der Waals surface area contributed by atoms with Crippen molar-refractivity contribution < 1.29 is 27.5 Å². The molecule has 36 heavy (non-hydrogen) atoms. The number of amides is 2. The van der Waals surface area contributed by atoms with Crippen LogP contribution in [0, 0.1) is 22.5 Å². The Morgan fingerprint density at radius 3 is 2.69 bits per heavy atom. The third-order valence-corrected chi connectivity index (χ3v) is 8.21. The van der Waals surface area contributed by atoms with Crippen molar-refractivity contribution in [2.24, 2.45) is 5.41 Å². The maximum atomic E-state index is 14.7. The second-order valence-corrected chi connectivity index (χ2v) is 10.6. The number of ether oxygens (including phenoxy) is 1. The van der Waals surface area contributed by atoms with Crippen LogP contribution in [-0.2, 0) is 15.1 Å². The Morgan fingerprint density at radius 2 is 2.03 bits per heavy atom. The van der Waals surface area contributed by atoms with Crippen LogP contribution in [0.15, 0.2) is 30.3 Å². The summed E-state index contributed by atoms with van der Waals surface area (Å²) in [6.45, 7) is 1.83. The van der Waals surface area contributed by atoms with Crippen LogP contribution < -0.4 is 15.4 Å². The van der Waals surface area contributed by atoms with Gasteiger partial charge in [-0.15, -0.1) is 0 Å². The standard InChI is InChI=1S/C25H22ClF3N4O3/c1-23(13-3-2-4-15(20(13)26)31-21(35)24-10-25(24,29)11-24)9-18(34)33(22(30)32-23)16-5-6-36-17-8-12(27)7-14(28)19(16)17/h2-4,7-8,16H,5-6,9-11H2,1H3,(H2,30,32)(H,31,35)/t16-,23-,24?,25?/m0/s1. The van der Waals surface area contributed by atoms with E-state index in [9.17, 15) is 22.8 Å². The van der Waals surface area contributed by atoms with E-state index in [-0.39, 0.29) is 54.6 Å². The molecular formula is C25H22ClF3N4O3. The van der Waals surface area contributed by atoms with Gasteiger partial charge >= 0.3 is 0 Å². The highest BCUT2D eigenvalue weighted by atomic mass is 35.5. The van der Waals surface area contributed by atoms with Crippen LogP contribution in [-0.4, -0.2) is 34.9 Å². The van der Waals surface area contributed by atoms with Gasteiger partial charge in [-0.25, -0.2) is 13.2 Å². The van der Waals surface area contributed by atoms with Gasteiger partial charge < -0.3 is 15.4 Å². The van der Waals surface area contributed by atoms with E-state index in [4.69, 9.17) is 21.7 Å². The molecule has 2 aromatic carbocycles. The van der Waals surface area contributed by atoms with E-state index < -0.39 is 46.1 Å². The zero-order chi connectivity index (χ0) is 25.6. The molecule has 2 aromatic rings. The van der Waals surface area contributed by atoms with Crippen LogP contribution in [0.5, 0.6) is 5.75 Å². The number of guanidine groups is 1. The highest BCUT2D eigenvalue weighted by Crippen LogP contribution is 2.81. The van der Waals surface area contributed by atoms with E-state index in [0.29, 0.717) is 11.3 Å². The maximum Gasteiger partial charge on any atom is 0.234 e. The average Bonchev–Trinajstić information content (AvgIpc) is 3.59. The SMILES string of the molecule is C[C@@]1(c2cccc(NC(=O)C34CC3(F)C4)c2Cl)CC(=O)N([C@H]2CCOc3cc(F)cc(F)c32)C(=N)N1. The molecule has 3 N–H and O–H groups in total. The number of hydrogen-bond donors (Lipinski definition) is 3. The number of halogens is 4. The molecule has 188 valence electrons. The lowest BCUT2D eigenvalue weighted by atomic mass is 9.85. The van der Waals surface area contributed by atoms with Crippen LogP contribution in [0.3, 0.4) is 0 Å². The number of anilines is 1. The maximum absolute atomic E-state index is 14.7. The van der Waals surface area contributed by atoms with E-state index in [1.54, 1.807) is 25.1 Å². The van der Waals surface area contributed by atoms with Gasteiger partial charge in [0.05, 0.1) is 46.3 Å². The lowest BCUT2D eigenvalue weighted by Gasteiger charge is -2.45. The van der Waals surface area contributed by atoms with Crippen LogP contribution in [0.1, 0.15) is 49.8 Å². The Kier molecular flexibility index (Phi) is 4.74. The monoisotopic (exact) mass is 518 g/mol. The average molecular weight is 519 g/mol. The molecule has 4 aliphatic rings. The van der Waals surface area contributed by atoms with Gasteiger partial charge in [-0.05, 0) is 18.6 Å². The van der Waals surface area contributed by atoms with Crippen molar-refractivity contribution in [1.82, 2.24) is 10.2 Å². The van der Waals surface area contributed by atoms with E-state index >= 15 is 0 Å². The number of rotatable bonds is 4. The Labute approximate surface area is 209 Å². The largest absolute Gasteiger partial charge is 0.493 e. The summed E-state index contributed by atoms with van der Waals surface area (Å²) in [6, 6.07) is 5.88. The first-order valence-electron chi connectivity index (χ1n) is 11.6. The summed E-state index contributed by atoms with van der Waals surface area (Å²) in [5.41, 5.74) is -2.67. The topological polar surface area (TPSA) is 94.5 Å². The molecule has 2 saturated carbocycles. The first-order valence-corrected chi connectivity index (χ1v) is 12.0. The Balaban J connectivity index is 1.27. The Bertz CT molecular complexity index is 1340. The van der Waals surface area contributed by atoms with Gasteiger partial charge in [-0.2, -0.15) is 0 Å². The second kappa shape index (κ2) is 7.38. The van der Waals surface area contributed by atoms with Crippen molar-refractivity contribution in [1.29, 1.82) is 5.41 Å². The summed E-state index contributed by atoms with van der Waals surface area (Å²) in [6.07, 6.45) is 0.528. The summed E-state index contributed by atoms with van der Waals surface area (Å²) in [4.78, 5) is 27.1. The van der Waals surface area contributed by atoms with Crippen molar-refractivity contribution in [2.75, 3.05) is 11.9 Å². The number of nitrogens with one attached hydrogen (secondary N) is 3. The quantitative estimate of drug-likeness (QED) is 0.553. The molecule has 2 aliphatic carbocycles. The summed E-state index contributed by atoms with van der Waals surface area (Å²) in [5.74, 6) is -2.77. The third kappa shape index (κ3) is 3.23. The molecule has 6 rings (SSSR count). The molecule has 2 heterocycles. The molecule has 2 aliphatic heterocycles. The van der Waals surface area contributed by atoms with Gasteiger partial charge in [0.2, 0.25) is 11.8 Å². The highest BCUT2D eigenvalue weighted by Gasteiger charge is 2.89. The van der Waals surface area contributed by atoms with Crippen molar-refractivity contribution in [3.05, 3.63) is 58.1 Å². The van der Waals surface area contributed by atoms with Gasteiger partial charge in [0.25, 0.3) is 0 Å². The minimum Gasteiger partial charge on any atom is -0.493 e. The number of carbonyl (C=O) groups excluding carboxylic acids is 2. The number of carbonyl (C=O) groups is 2. The van der Waals surface area contributed by atoms with Crippen molar-refractivity contribution >= 4 is 35.1 Å². The molecule has 0 bridgehead atoms. The van der Waals surface area contributed by atoms with E-state index in [0.717, 1.165) is 17.0 Å². The van der Waals surface area contributed by atoms with Gasteiger partial charge in [0.1, 0.15) is 23.1 Å². The Hall–Kier alpha value is -3.27. The molecule has 0 unspecified atom stereocenters. The first kappa shape index (κ1) is 23.1. The predicted octanol–water partition coefficient (Wildman–Crippen LogP) is 4.55. The minimum atomic E-state index is -1.39. The number of alkyl halides is 1. The molecule has 11 heteroatoms. The summed E-state index contributed by atoms with van der Waals surface area (Å²) >= 11 is 6.63. The molecule has 1 saturated heterocycles. The molecule has 0 radical (unpaired) electrons. The van der Waals surface area contributed by atoms with E-state index in [1.807, 2.05) is 0 Å². The number of hydrogen-bond acceptors (Lipinski definition) is 4. The number of nitrogens with zero attached hydrogens (tertiary/aromatic N) is 1. The Morgan fingerprint density at radius 1 is 1.31 bits per heavy atom. The fourth-order valence-corrected chi connectivity index (χ4v) is 5.92. The number of fused-ring (bicyclic) bond motifs is 2. The lowest BCUT2D eigenvalue weighted by molar-refractivity contribution is -0.133. The molecule has 0 aromatic heterocycles. The zero-order valence-electron chi connectivity index (χ0n) is 19.2. The molecule has 7 nitrogen and oxygen atoms in total. The summed E-state index contributed by atoms with van der Waals surface area (Å²) in [5, 5.41) is 14.5. The first-order chi connectivity index (χ1) is 17.0. The smallest absolute Gasteiger partial charge is 0.234 e. The van der Waals surface area contributed by atoms with Gasteiger partial charge in [0.15, 0.2) is 5.96 Å². The van der Waals surface area contributed by atoms with Crippen LogP contribution in [0.2, 0.25) is 5.02 Å². The normalized spacial score (nSPS) is 32.1. The van der Waals surface area contributed by atoms with Crippen molar-refractivity contribution in [3.63, 3.8) is 0 Å². The van der Waals surface area contributed by atoms with E-state index in [1.165, 1.54) is 0 Å². The predicted molar refractivity (Wildman–Crippen MR) is 124 cm³/mol. The molecule has 2 atom stereocenters. The van der Waals surface area contributed by atoms with Crippen LogP contribution in [0.25, 0.3) is 0 Å². The van der Waals surface area contributed by atoms with Gasteiger partial charge in [-0.1, -0.05) is 23.7 Å². The lowest BCUT2D eigenvalue weighted by Crippen LogP contribution is -2.60. The minimum absolute atomic E-state index is 0.00673. The summed E-state index contributed by atoms with van der Waals surface area (Å²) in [7, 11) is 0. The molecule has 3 fully saturated rings. The van der Waals surface area contributed by atoms with Crippen LogP contribution in [0.4, 0.5) is 18.9 Å². The fourth-order valence-electron chi connectivity index (χ4n) is 5.53. The zero-order valence-corrected chi connectivity index (χ0v) is 19.9.